The van der Waals surface area contributed by atoms with E-state index in [1.54, 1.807) is 18.3 Å². The normalized spacial score (nSPS) is 16.2. The molecule has 0 unspecified atom stereocenters. The number of carbonyl (C=O) groups is 1. The summed E-state index contributed by atoms with van der Waals surface area (Å²) < 4.78 is 0.527. The molecule has 0 atom stereocenters. The van der Waals surface area contributed by atoms with Crippen LogP contribution in [0.4, 0.5) is 5.82 Å². The van der Waals surface area contributed by atoms with E-state index in [9.17, 15) is 4.79 Å². The maximum atomic E-state index is 12.5. The van der Waals surface area contributed by atoms with Gasteiger partial charge in [-0.15, -0.1) is 0 Å². The molecule has 0 aliphatic carbocycles. The van der Waals surface area contributed by atoms with Crippen molar-refractivity contribution in [1.82, 2.24) is 9.88 Å². The van der Waals surface area contributed by atoms with Crippen molar-refractivity contribution in [1.29, 1.82) is 0 Å². The van der Waals surface area contributed by atoms with Gasteiger partial charge >= 0.3 is 0 Å². The first-order valence-electron chi connectivity index (χ1n) is 6.79. The van der Waals surface area contributed by atoms with Gasteiger partial charge in [-0.2, -0.15) is 0 Å². The molecule has 1 N–H and O–H groups in total. The van der Waals surface area contributed by atoms with E-state index in [4.69, 9.17) is 23.8 Å². The number of carbonyl (C=O) groups excluding carboxylic acids is 1. The molecular formula is C16H12ClN3OS2. The first kappa shape index (κ1) is 16.0. The van der Waals surface area contributed by atoms with Crippen molar-refractivity contribution in [2.24, 2.45) is 0 Å². The third-order valence-electron chi connectivity index (χ3n) is 3.12. The standard InChI is InChI=1S/C16H12ClN3OS2/c17-12-6-4-11(5-7-12)9-13-15(21)20(16(22)23-13)10-19-14-3-1-2-8-18-14/h1-9H,10H2,(H,18,19). The highest BCUT2D eigenvalue weighted by Crippen LogP contribution is 2.32. The van der Waals surface area contributed by atoms with Gasteiger partial charge in [0.15, 0.2) is 0 Å². The summed E-state index contributed by atoms with van der Waals surface area (Å²) in [6.07, 6.45) is 3.50. The van der Waals surface area contributed by atoms with Crippen LogP contribution in [0.25, 0.3) is 6.08 Å². The molecule has 0 saturated carbocycles. The molecule has 1 saturated heterocycles. The van der Waals surface area contributed by atoms with E-state index in [-0.39, 0.29) is 5.91 Å². The Hall–Kier alpha value is -1.89. The van der Waals surface area contributed by atoms with Gasteiger partial charge in [0.05, 0.1) is 11.6 Å². The van der Waals surface area contributed by atoms with Gasteiger partial charge in [-0.3, -0.25) is 9.69 Å². The Bertz CT molecular complexity index is 763. The number of rotatable bonds is 4. The van der Waals surface area contributed by atoms with Crippen molar-refractivity contribution in [3.05, 3.63) is 64.2 Å². The van der Waals surface area contributed by atoms with Gasteiger partial charge in [0, 0.05) is 11.2 Å². The second kappa shape index (κ2) is 7.12. The van der Waals surface area contributed by atoms with Crippen LogP contribution >= 0.6 is 35.6 Å². The average molecular weight is 362 g/mol. The van der Waals surface area contributed by atoms with Crippen LogP contribution in [0.5, 0.6) is 0 Å². The summed E-state index contributed by atoms with van der Waals surface area (Å²) >= 11 is 12.5. The molecule has 23 heavy (non-hydrogen) atoms. The summed E-state index contributed by atoms with van der Waals surface area (Å²) in [5.74, 6) is 0.585. The second-order valence-corrected chi connectivity index (χ2v) is 6.82. The van der Waals surface area contributed by atoms with Gasteiger partial charge < -0.3 is 5.32 Å². The number of thiocarbonyl (C=S) groups is 1. The molecule has 0 radical (unpaired) electrons. The lowest BCUT2D eigenvalue weighted by molar-refractivity contribution is -0.121. The Morgan fingerprint density at radius 2 is 2.04 bits per heavy atom. The number of benzene rings is 1. The zero-order valence-electron chi connectivity index (χ0n) is 11.9. The first-order valence-corrected chi connectivity index (χ1v) is 8.39. The molecule has 0 spiro atoms. The van der Waals surface area contributed by atoms with Crippen LogP contribution in [0.2, 0.25) is 5.02 Å². The predicted octanol–water partition coefficient (Wildman–Crippen LogP) is 4.01. The summed E-state index contributed by atoms with van der Waals surface area (Å²) in [6, 6.07) is 12.8. The molecule has 2 heterocycles. The molecule has 2 aromatic rings. The van der Waals surface area contributed by atoms with E-state index < -0.39 is 0 Å². The van der Waals surface area contributed by atoms with Gasteiger partial charge in [-0.05, 0) is 35.9 Å². The molecule has 1 aromatic heterocycles. The molecule has 0 bridgehead atoms. The van der Waals surface area contributed by atoms with Gasteiger partial charge in [-0.25, -0.2) is 4.98 Å². The van der Waals surface area contributed by atoms with Crippen LogP contribution in [-0.2, 0) is 4.79 Å². The molecule has 116 valence electrons. The number of aromatic nitrogens is 1. The van der Waals surface area contributed by atoms with Crippen molar-refractivity contribution >= 4 is 57.7 Å². The Morgan fingerprint density at radius 3 is 2.74 bits per heavy atom. The van der Waals surface area contributed by atoms with Crippen LogP contribution in [0, 0.1) is 0 Å². The molecule has 4 nitrogen and oxygen atoms in total. The highest BCUT2D eigenvalue weighted by molar-refractivity contribution is 8.26. The topological polar surface area (TPSA) is 45.2 Å². The largest absolute Gasteiger partial charge is 0.352 e. The SMILES string of the molecule is O=C1C(=Cc2ccc(Cl)cc2)SC(=S)N1CNc1ccccn1. The number of nitrogens with zero attached hydrogens (tertiary/aromatic N) is 2. The highest BCUT2D eigenvalue weighted by Gasteiger charge is 2.31. The number of hydrogen-bond donors (Lipinski definition) is 1. The van der Waals surface area contributed by atoms with E-state index in [1.807, 2.05) is 36.4 Å². The van der Waals surface area contributed by atoms with Crippen LogP contribution in [-0.4, -0.2) is 26.8 Å². The zero-order valence-corrected chi connectivity index (χ0v) is 14.3. The maximum absolute atomic E-state index is 12.5. The fourth-order valence-electron chi connectivity index (χ4n) is 1.97. The number of hydrogen-bond acceptors (Lipinski definition) is 5. The van der Waals surface area contributed by atoms with Crippen molar-refractivity contribution in [3.8, 4) is 0 Å². The molecule has 1 aromatic carbocycles. The molecule has 1 fully saturated rings. The lowest BCUT2D eigenvalue weighted by atomic mass is 10.2. The molecule has 3 rings (SSSR count). The number of amides is 1. The smallest absolute Gasteiger partial charge is 0.267 e. The number of nitrogens with one attached hydrogen (secondary N) is 1. The lowest BCUT2D eigenvalue weighted by Crippen LogP contribution is -2.33. The third kappa shape index (κ3) is 3.90. The fraction of sp³-hybridized carbons (Fsp3) is 0.0625. The van der Waals surface area contributed by atoms with Crippen LogP contribution < -0.4 is 5.32 Å². The molecule has 1 aliphatic heterocycles. The second-order valence-electron chi connectivity index (χ2n) is 4.71. The highest BCUT2D eigenvalue weighted by atomic mass is 35.5. The van der Waals surface area contributed by atoms with Crippen LogP contribution in [0.1, 0.15) is 5.56 Å². The summed E-state index contributed by atoms with van der Waals surface area (Å²) in [4.78, 5) is 18.8. The Morgan fingerprint density at radius 1 is 1.26 bits per heavy atom. The Kier molecular flexibility index (Phi) is 4.95. The quantitative estimate of drug-likeness (QED) is 0.658. The van der Waals surface area contributed by atoms with Crippen LogP contribution in [0.15, 0.2) is 53.6 Å². The average Bonchev–Trinajstić information content (AvgIpc) is 2.82. The van der Waals surface area contributed by atoms with Crippen molar-refractivity contribution in [3.63, 3.8) is 0 Å². The zero-order chi connectivity index (χ0) is 16.2. The minimum absolute atomic E-state index is 0.113. The number of anilines is 1. The monoisotopic (exact) mass is 361 g/mol. The summed E-state index contributed by atoms with van der Waals surface area (Å²) in [6.45, 7) is 0.291. The van der Waals surface area contributed by atoms with Gasteiger partial charge in [0.1, 0.15) is 10.1 Å². The summed E-state index contributed by atoms with van der Waals surface area (Å²) in [5.41, 5.74) is 0.910. The summed E-state index contributed by atoms with van der Waals surface area (Å²) in [5, 5.41) is 3.75. The minimum Gasteiger partial charge on any atom is -0.352 e. The Labute approximate surface area is 148 Å². The number of thioether (sulfide) groups is 1. The van der Waals surface area contributed by atoms with E-state index in [2.05, 4.69) is 10.3 Å². The predicted molar refractivity (Wildman–Crippen MR) is 99.2 cm³/mol. The Balaban J connectivity index is 1.71. The third-order valence-corrected chi connectivity index (χ3v) is 4.75. The lowest BCUT2D eigenvalue weighted by Gasteiger charge is -2.15. The maximum Gasteiger partial charge on any atom is 0.267 e. The van der Waals surface area contributed by atoms with E-state index in [0.29, 0.717) is 26.7 Å². The molecular weight excluding hydrogens is 350 g/mol. The number of halogens is 1. The minimum atomic E-state index is -0.113. The molecule has 1 aliphatic rings. The van der Waals surface area contributed by atoms with Crippen LogP contribution in [0.3, 0.4) is 0 Å². The number of pyridine rings is 1. The van der Waals surface area contributed by atoms with E-state index in [1.165, 1.54) is 16.7 Å². The van der Waals surface area contributed by atoms with E-state index >= 15 is 0 Å². The fourth-order valence-corrected chi connectivity index (χ4v) is 3.36. The first-order chi connectivity index (χ1) is 11.1. The van der Waals surface area contributed by atoms with E-state index in [0.717, 1.165) is 5.56 Å². The van der Waals surface area contributed by atoms with Gasteiger partial charge in [0.25, 0.3) is 5.91 Å². The van der Waals surface area contributed by atoms with Crippen molar-refractivity contribution in [2.45, 2.75) is 0 Å². The van der Waals surface area contributed by atoms with Crippen molar-refractivity contribution < 1.29 is 4.79 Å². The summed E-state index contributed by atoms with van der Waals surface area (Å²) in [7, 11) is 0. The molecule has 7 heteroatoms. The van der Waals surface area contributed by atoms with Gasteiger partial charge in [0.2, 0.25) is 0 Å². The molecule has 1 amide bonds. The van der Waals surface area contributed by atoms with Crippen molar-refractivity contribution in [2.75, 3.05) is 12.0 Å². The van der Waals surface area contributed by atoms with Gasteiger partial charge in [-0.1, -0.05) is 53.8 Å².